The first kappa shape index (κ1) is 17.4. The highest BCUT2D eigenvalue weighted by Gasteiger charge is 2.19. The Morgan fingerprint density at radius 3 is 2.46 bits per heavy atom. The Bertz CT molecular complexity index is 856. The maximum atomic E-state index is 11.0. The minimum atomic E-state index is -0.779. The second-order valence-corrected chi connectivity index (χ2v) is 5.25. The van der Waals surface area contributed by atoms with Gasteiger partial charge in [-0.3, -0.25) is 25.7 Å². The first-order valence-corrected chi connectivity index (χ1v) is 6.95. The second kappa shape index (κ2) is 7.11. The van der Waals surface area contributed by atoms with Crippen molar-refractivity contribution in [3.8, 4) is 5.75 Å². The highest BCUT2D eigenvalue weighted by Crippen LogP contribution is 2.31. The van der Waals surface area contributed by atoms with Gasteiger partial charge in [0.25, 0.3) is 5.69 Å². The third kappa shape index (κ3) is 3.89. The van der Waals surface area contributed by atoms with E-state index in [1.165, 1.54) is 12.1 Å². The minimum Gasteiger partial charge on any atom is -0.506 e. The molecule has 2 aromatic carbocycles. The van der Waals surface area contributed by atoms with Crippen LogP contribution in [0.3, 0.4) is 0 Å². The van der Waals surface area contributed by atoms with Gasteiger partial charge in [0.05, 0.1) is 27.2 Å². The normalized spacial score (nSPS) is 10.8. The number of phenolic OH excluding ortho intramolecular Hbond substituents is 1. The zero-order valence-electron chi connectivity index (χ0n) is 11.6. The van der Waals surface area contributed by atoms with E-state index in [4.69, 9.17) is 23.2 Å². The number of nitro benzene ring substituents is 2. The summed E-state index contributed by atoms with van der Waals surface area (Å²) in [6.45, 7) is 0. The van der Waals surface area contributed by atoms with Crippen LogP contribution >= 0.6 is 23.2 Å². The molecule has 0 unspecified atom stereocenters. The molecule has 2 aromatic rings. The van der Waals surface area contributed by atoms with Crippen molar-refractivity contribution in [1.82, 2.24) is 0 Å². The molecule has 0 atom stereocenters. The number of rotatable bonds is 5. The smallest absolute Gasteiger partial charge is 0.301 e. The zero-order valence-corrected chi connectivity index (χ0v) is 13.2. The predicted molar refractivity (Wildman–Crippen MR) is 89.1 cm³/mol. The SMILES string of the molecule is O=[N+]([O-])c1ccc(NN=Cc2cc(Cl)cc(Cl)c2O)c([N+](=O)[O-])c1. The fraction of sp³-hybridized carbons (Fsp3) is 0. The van der Waals surface area contributed by atoms with Crippen LogP contribution in [0.1, 0.15) is 5.56 Å². The molecule has 24 heavy (non-hydrogen) atoms. The summed E-state index contributed by atoms with van der Waals surface area (Å²) >= 11 is 11.6. The number of halogens is 2. The highest BCUT2D eigenvalue weighted by molar-refractivity contribution is 6.36. The molecule has 124 valence electrons. The van der Waals surface area contributed by atoms with Crippen LogP contribution in [-0.2, 0) is 0 Å². The van der Waals surface area contributed by atoms with Crippen LogP contribution < -0.4 is 5.43 Å². The second-order valence-electron chi connectivity index (χ2n) is 4.41. The Labute approximate surface area is 144 Å². The van der Waals surface area contributed by atoms with Crippen molar-refractivity contribution in [3.63, 3.8) is 0 Å². The van der Waals surface area contributed by atoms with Gasteiger partial charge in [0.2, 0.25) is 0 Å². The molecule has 0 spiro atoms. The predicted octanol–water partition coefficient (Wildman–Crippen LogP) is 3.96. The molecule has 0 aliphatic carbocycles. The summed E-state index contributed by atoms with van der Waals surface area (Å²) in [5.74, 6) is -0.259. The summed E-state index contributed by atoms with van der Waals surface area (Å²) in [5.41, 5.74) is 1.57. The van der Waals surface area contributed by atoms with E-state index >= 15 is 0 Å². The molecule has 11 heteroatoms. The molecule has 0 aliphatic rings. The Balaban J connectivity index is 2.29. The third-order valence-corrected chi connectivity index (χ3v) is 3.34. The molecule has 0 fully saturated rings. The number of nitrogens with zero attached hydrogens (tertiary/aromatic N) is 3. The number of non-ortho nitro benzene ring substituents is 1. The minimum absolute atomic E-state index is 0.0188. The average Bonchev–Trinajstić information content (AvgIpc) is 2.51. The largest absolute Gasteiger partial charge is 0.506 e. The van der Waals surface area contributed by atoms with Crippen LogP contribution in [0.25, 0.3) is 0 Å². The van der Waals surface area contributed by atoms with E-state index in [0.717, 1.165) is 24.4 Å². The average molecular weight is 371 g/mol. The van der Waals surface area contributed by atoms with Crippen molar-refractivity contribution in [3.05, 3.63) is 66.2 Å². The first-order valence-electron chi connectivity index (χ1n) is 6.19. The van der Waals surface area contributed by atoms with Crippen LogP contribution in [-0.4, -0.2) is 21.2 Å². The Morgan fingerprint density at radius 1 is 1.12 bits per heavy atom. The number of hydrogen-bond donors (Lipinski definition) is 2. The Kier molecular flexibility index (Phi) is 5.17. The van der Waals surface area contributed by atoms with Gasteiger partial charge in [-0.2, -0.15) is 5.10 Å². The van der Waals surface area contributed by atoms with E-state index in [1.54, 1.807) is 0 Å². The molecule has 0 saturated carbocycles. The molecular formula is C13H8Cl2N4O5. The lowest BCUT2D eigenvalue weighted by atomic mass is 10.2. The number of aromatic hydroxyl groups is 1. The lowest BCUT2D eigenvalue weighted by Crippen LogP contribution is -1.99. The van der Waals surface area contributed by atoms with Gasteiger partial charge in [-0.25, -0.2) is 0 Å². The molecule has 0 aliphatic heterocycles. The molecule has 0 aromatic heterocycles. The number of nitrogens with one attached hydrogen (secondary N) is 1. The van der Waals surface area contributed by atoms with Gasteiger partial charge in [-0.15, -0.1) is 0 Å². The van der Waals surface area contributed by atoms with Gasteiger partial charge in [0.1, 0.15) is 11.4 Å². The van der Waals surface area contributed by atoms with Gasteiger partial charge in [-0.1, -0.05) is 23.2 Å². The third-order valence-electron chi connectivity index (χ3n) is 2.84. The topological polar surface area (TPSA) is 131 Å². The zero-order chi connectivity index (χ0) is 17.9. The van der Waals surface area contributed by atoms with Crippen LogP contribution in [0.15, 0.2) is 35.4 Å². The van der Waals surface area contributed by atoms with Crippen molar-refractivity contribution in [1.29, 1.82) is 0 Å². The molecule has 0 bridgehead atoms. The van der Waals surface area contributed by atoms with E-state index in [-0.39, 0.29) is 27.0 Å². The quantitative estimate of drug-likeness (QED) is 0.465. The van der Waals surface area contributed by atoms with E-state index in [2.05, 4.69) is 10.5 Å². The highest BCUT2D eigenvalue weighted by atomic mass is 35.5. The monoisotopic (exact) mass is 370 g/mol. The van der Waals surface area contributed by atoms with E-state index < -0.39 is 21.2 Å². The van der Waals surface area contributed by atoms with Gasteiger partial charge in [0.15, 0.2) is 0 Å². The van der Waals surface area contributed by atoms with Crippen molar-refractivity contribution >= 4 is 46.5 Å². The number of hydrazone groups is 1. The summed E-state index contributed by atoms with van der Waals surface area (Å²) in [5, 5.41) is 35.5. The number of benzene rings is 2. The van der Waals surface area contributed by atoms with Gasteiger partial charge < -0.3 is 5.11 Å². The molecule has 0 radical (unpaired) electrons. The molecule has 0 amide bonds. The molecular weight excluding hydrogens is 363 g/mol. The van der Waals surface area contributed by atoms with Gasteiger partial charge in [0, 0.05) is 16.7 Å². The standard InChI is InChI=1S/C13H8Cl2N4O5/c14-8-3-7(13(20)10(15)4-8)6-16-17-11-2-1-9(18(21)22)5-12(11)19(23)24/h1-6,17,20H. The molecule has 2 rings (SSSR count). The number of nitro groups is 2. The molecule has 2 N–H and O–H groups in total. The van der Waals surface area contributed by atoms with Crippen LogP contribution in [0.2, 0.25) is 10.0 Å². The van der Waals surface area contributed by atoms with Crippen LogP contribution in [0.4, 0.5) is 17.1 Å². The molecule has 0 saturated heterocycles. The van der Waals surface area contributed by atoms with Gasteiger partial charge in [-0.05, 0) is 18.2 Å². The van der Waals surface area contributed by atoms with Crippen LogP contribution in [0.5, 0.6) is 5.75 Å². The lowest BCUT2D eigenvalue weighted by molar-refractivity contribution is -0.393. The van der Waals surface area contributed by atoms with E-state index in [0.29, 0.717) is 0 Å². The van der Waals surface area contributed by atoms with Crippen molar-refractivity contribution in [2.24, 2.45) is 5.10 Å². The fourth-order valence-corrected chi connectivity index (χ4v) is 2.24. The summed E-state index contributed by atoms with van der Waals surface area (Å²) in [6.07, 6.45) is 1.15. The maximum Gasteiger partial charge on any atom is 0.301 e. The van der Waals surface area contributed by atoms with E-state index in [1.807, 2.05) is 0 Å². The maximum absolute atomic E-state index is 11.0. The van der Waals surface area contributed by atoms with E-state index in [9.17, 15) is 25.3 Å². The summed E-state index contributed by atoms with van der Waals surface area (Å²) in [6, 6.07) is 5.78. The summed E-state index contributed by atoms with van der Waals surface area (Å²) in [7, 11) is 0. The fourth-order valence-electron chi connectivity index (χ4n) is 1.73. The van der Waals surface area contributed by atoms with Gasteiger partial charge >= 0.3 is 5.69 Å². The number of hydrogen-bond acceptors (Lipinski definition) is 7. The van der Waals surface area contributed by atoms with Crippen molar-refractivity contribution in [2.45, 2.75) is 0 Å². The lowest BCUT2D eigenvalue weighted by Gasteiger charge is -2.04. The van der Waals surface area contributed by atoms with Crippen molar-refractivity contribution < 1.29 is 15.0 Å². The molecule has 9 nitrogen and oxygen atoms in total. The summed E-state index contributed by atoms with van der Waals surface area (Å²) in [4.78, 5) is 20.1. The Hall–Kier alpha value is -2.91. The number of phenols is 1. The van der Waals surface area contributed by atoms with Crippen molar-refractivity contribution in [2.75, 3.05) is 5.43 Å². The Morgan fingerprint density at radius 2 is 1.83 bits per heavy atom. The number of anilines is 1. The molecule has 0 heterocycles. The first-order chi connectivity index (χ1) is 11.3. The summed E-state index contributed by atoms with van der Waals surface area (Å²) < 4.78 is 0. The van der Waals surface area contributed by atoms with Crippen LogP contribution in [0, 0.1) is 20.2 Å².